The summed E-state index contributed by atoms with van der Waals surface area (Å²) >= 11 is 1.83. The third kappa shape index (κ3) is 4.40. The van der Waals surface area contributed by atoms with Gasteiger partial charge < -0.3 is 24.1 Å². The van der Waals surface area contributed by atoms with Crippen LogP contribution in [0.1, 0.15) is 56.2 Å². The van der Waals surface area contributed by atoms with Crippen LogP contribution < -0.4 is 0 Å². The Labute approximate surface area is 259 Å². The Bertz CT molecular complexity index is 1430. The van der Waals surface area contributed by atoms with Gasteiger partial charge in [0.2, 0.25) is 0 Å². The number of hydrogen-bond acceptors (Lipinski definition) is 7. The summed E-state index contributed by atoms with van der Waals surface area (Å²) in [6.45, 7) is 8.39. The molecule has 6 atom stereocenters. The second-order valence-corrected chi connectivity index (χ2v) is 15.2. The molecule has 5 aliphatic carbocycles. The van der Waals surface area contributed by atoms with Crippen molar-refractivity contribution in [3.63, 3.8) is 0 Å². The molecule has 3 heterocycles. The first-order valence-corrected chi connectivity index (χ1v) is 17.2. The number of methoxy groups -OCH3 is 1. The van der Waals surface area contributed by atoms with Crippen molar-refractivity contribution in [1.82, 2.24) is 4.90 Å². The van der Waals surface area contributed by atoms with Gasteiger partial charge >= 0.3 is 0 Å². The third-order valence-electron chi connectivity index (χ3n) is 12.0. The molecule has 2 aromatic rings. The fourth-order valence-electron chi connectivity index (χ4n) is 9.96. The minimum atomic E-state index is -0.399. The Balaban J connectivity index is 1.17. The summed E-state index contributed by atoms with van der Waals surface area (Å²) in [6, 6.07) is 11.3. The van der Waals surface area contributed by atoms with Gasteiger partial charge in [-0.15, -0.1) is 11.3 Å². The molecule has 6 fully saturated rings. The minimum Gasteiger partial charge on any atom is -0.488 e. The monoisotopic (exact) mass is 603 g/mol. The molecule has 2 aliphatic heterocycles. The number of aliphatic hydroxyl groups is 1. The van der Waals surface area contributed by atoms with Gasteiger partial charge in [-0.25, -0.2) is 0 Å². The topological polar surface area (TPSA) is 60.4 Å². The molecule has 7 heteroatoms. The SMILES string of the molecule is C=C1/C=C\C(OCCO)=C2/C[C@]34CCN(CC5CC5)[C@H](C1)[C@]31CC[C@@](OC)([C@@H](COCc3cc5ccccc5s3)C1)[C@@H]4O2. The molecule has 0 amide bonds. The molecular formula is C36H45NO5S. The van der Waals surface area contributed by atoms with E-state index in [9.17, 15) is 5.11 Å². The number of ether oxygens (including phenoxy) is 4. The zero-order chi connectivity index (χ0) is 29.2. The molecule has 0 unspecified atom stereocenters. The zero-order valence-corrected chi connectivity index (χ0v) is 26.2. The summed E-state index contributed by atoms with van der Waals surface area (Å²) in [5.74, 6) is 2.76. The lowest BCUT2D eigenvalue weighted by atomic mass is 9.37. The van der Waals surface area contributed by atoms with Gasteiger partial charge in [0.1, 0.15) is 24.1 Å². The number of fused-ring (bicyclic) bond motifs is 4. The normalized spacial score (nSPS) is 39.2. The van der Waals surface area contributed by atoms with Gasteiger partial charge in [-0.2, -0.15) is 0 Å². The van der Waals surface area contributed by atoms with Crippen LogP contribution in [0.2, 0.25) is 0 Å². The van der Waals surface area contributed by atoms with E-state index in [-0.39, 0.29) is 36.1 Å². The van der Waals surface area contributed by atoms with E-state index >= 15 is 0 Å². The Hall–Kier alpha value is -2.16. The Morgan fingerprint density at radius 2 is 2.02 bits per heavy atom. The molecule has 9 rings (SSSR count). The van der Waals surface area contributed by atoms with E-state index in [4.69, 9.17) is 18.9 Å². The second kappa shape index (κ2) is 10.7. The van der Waals surface area contributed by atoms with E-state index in [0.29, 0.717) is 19.3 Å². The molecule has 2 spiro atoms. The number of nitrogens with zero attached hydrogens (tertiary/aromatic N) is 1. The van der Waals surface area contributed by atoms with Crippen molar-refractivity contribution in [2.45, 2.75) is 75.7 Å². The van der Waals surface area contributed by atoms with Gasteiger partial charge in [0.15, 0.2) is 5.76 Å². The smallest absolute Gasteiger partial charge is 0.157 e. The summed E-state index contributed by atoms with van der Waals surface area (Å²) in [5.41, 5.74) is 0.827. The highest BCUT2D eigenvalue weighted by Gasteiger charge is 2.78. The maximum Gasteiger partial charge on any atom is 0.157 e. The quantitative estimate of drug-likeness (QED) is 0.330. The van der Waals surface area contributed by atoms with Crippen LogP contribution in [-0.4, -0.2) is 67.8 Å². The second-order valence-electron chi connectivity index (χ2n) is 14.1. The molecule has 2 saturated heterocycles. The molecular weight excluding hydrogens is 558 g/mol. The lowest BCUT2D eigenvalue weighted by Gasteiger charge is -2.72. The predicted octanol–water partition coefficient (Wildman–Crippen LogP) is 6.60. The molecule has 1 aromatic heterocycles. The number of allylic oxidation sites excluding steroid dienone is 3. The fraction of sp³-hybridized carbons (Fsp3) is 0.611. The van der Waals surface area contributed by atoms with Crippen molar-refractivity contribution in [3.05, 3.63) is 71.0 Å². The molecule has 1 aromatic carbocycles. The first-order valence-electron chi connectivity index (χ1n) is 16.3. The molecule has 43 heavy (non-hydrogen) atoms. The van der Waals surface area contributed by atoms with Crippen molar-refractivity contribution in [2.75, 3.05) is 40.0 Å². The largest absolute Gasteiger partial charge is 0.488 e. The van der Waals surface area contributed by atoms with E-state index in [0.717, 1.165) is 68.1 Å². The van der Waals surface area contributed by atoms with Crippen LogP contribution in [0.3, 0.4) is 0 Å². The van der Waals surface area contributed by atoms with Crippen LogP contribution in [0.5, 0.6) is 0 Å². The highest BCUT2D eigenvalue weighted by atomic mass is 32.1. The van der Waals surface area contributed by atoms with Crippen LogP contribution in [0, 0.1) is 22.7 Å². The summed E-state index contributed by atoms with van der Waals surface area (Å²) < 4.78 is 27.9. The molecule has 230 valence electrons. The van der Waals surface area contributed by atoms with Gasteiger partial charge in [0, 0.05) is 47.0 Å². The Morgan fingerprint density at radius 3 is 2.84 bits per heavy atom. The average Bonchev–Trinajstić information content (AvgIpc) is 3.58. The number of likely N-dealkylation sites (tertiary alicyclic amines) is 1. The van der Waals surface area contributed by atoms with E-state index < -0.39 is 5.60 Å². The van der Waals surface area contributed by atoms with Crippen molar-refractivity contribution in [3.8, 4) is 0 Å². The molecule has 5 bridgehead atoms. The van der Waals surface area contributed by atoms with E-state index in [1.165, 1.54) is 34.3 Å². The summed E-state index contributed by atoms with van der Waals surface area (Å²) in [6.07, 6.45) is 13.1. The van der Waals surface area contributed by atoms with Gasteiger partial charge in [-0.1, -0.05) is 36.4 Å². The standard InChI is InChI=1S/C36H45NO5S/c1-24-7-10-29(41-16-15-38)30-20-35-13-14-37(21-25-8-9-25)32(17-24)34(35)11-12-36(39-2,33(35)42-30)27(19-34)22-40-23-28-18-26-5-3-4-6-31(26)43-28/h3-7,10,18,25,27,32-33,38H,1,8-9,11-17,19-23H2,2H3/b10-7-,30-29-/t27-,32-,33-,34-,35+,36-/m1/s1. The highest BCUT2D eigenvalue weighted by Crippen LogP contribution is 2.75. The van der Waals surface area contributed by atoms with Crippen molar-refractivity contribution >= 4 is 21.4 Å². The first-order chi connectivity index (χ1) is 21.0. The number of thiophene rings is 1. The lowest BCUT2D eigenvalue weighted by molar-refractivity contribution is -0.306. The van der Waals surface area contributed by atoms with Crippen molar-refractivity contribution < 1.29 is 24.1 Å². The third-order valence-corrected chi connectivity index (χ3v) is 13.1. The van der Waals surface area contributed by atoms with Crippen LogP contribution >= 0.6 is 11.3 Å². The zero-order valence-electron chi connectivity index (χ0n) is 25.4. The van der Waals surface area contributed by atoms with E-state index in [2.05, 4.69) is 47.9 Å². The molecule has 0 radical (unpaired) electrons. The average molecular weight is 604 g/mol. The van der Waals surface area contributed by atoms with E-state index in [1.54, 1.807) is 0 Å². The summed E-state index contributed by atoms with van der Waals surface area (Å²) in [7, 11) is 1.90. The number of hydrogen-bond donors (Lipinski definition) is 1. The van der Waals surface area contributed by atoms with Gasteiger partial charge in [0.05, 0.1) is 19.8 Å². The number of piperidine rings is 1. The summed E-state index contributed by atoms with van der Waals surface area (Å²) in [4.78, 5) is 4.12. The minimum absolute atomic E-state index is 0.0113. The Kier molecular flexibility index (Phi) is 7.07. The van der Waals surface area contributed by atoms with Gasteiger partial charge in [-0.05, 0) is 86.4 Å². The van der Waals surface area contributed by atoms with Crippen LogP contribution in [0.15, 0.2) is 66.2 Å². The van der Waals surface area contributed by atoms with Gasteiger partial charge in [-0.3, -0.25) is 4.90 Å². The maximum absolute atomic E-state index is 9.59. The first kappa shape index (κ1) is 28.3. The number of benzene rings is 1. The molecule has 6 nitrogen and oxygen atoms in total. The molecule has 1 N–H and O–H groups in total. The fourth-order valence-corrected chi connectivity index (χ4v) is 11.0. The van der Waals surface area contributed by atoms with Gasteiger partial charge in [0.25, 0.3) is 0 Å². The van der Waals surface area contributed by atoms with Crippen LogP contribution in [0.4, 0.5) is 0 Å². The van der Waals surface area contributed by atoms with Crippen LogP contribution in [-0.2, 0) is 25.6 Å². The highest BCUT2D eigenvalue weighted by molar-refractivity contribution is 7.19. The number of rotatable bonds is 10. The number of aliphatic hydroxyl groups excluding tert-OH is 1. The maximum atomic E-state index is 9.59. The lowest BCUT2D eigenvalue weighted by Crippen LogP contribution is -2.77. The summed E-state index contributed by atoms with van der Waals surface area (Å²) in [5, 5.41) is 10.9. The molecule has 4 saturated carbocycles. The Morgan fingerprint density at radius 1 is 1.14 bits per heavy atom. The van der Waals surface area contributed by atoms with Crippen molar-refractivity contribution in [1.29, 1.82) is 0 Å². The van der Waals surface area contributed by atoms with Crippen molar-refractivity contribution in [2.24, 2.45) is 22.7 Å². The predicted molar refractivity (Wildman–Crippen MR) is 169 cm³/mol. The molecule has 7 aliphatic rings. The van der Waals surface area contributed by atoms with Crippen LogP contribution in [0.25, 0.3) is 10.1 Å². The van der Waals surface area contributed by atoms with E-state index in [1.807, 2.05) is 24.5 Å².